The Balaban J connectivity index is 0.000000377. The predicted molar refractivity (Wildman–Crippen MR) is 122 cm³/mol. The molecule has 0 aliphatic carbocycles. The van der Waals surface area contributed by atoms with Gasteiger partial charge in [0.2, 0.25) is 0 Å². The highest BCUT2D eigenvalue weighted by atomic mass is 16.4. The van der Waals surface area contributed by atoms with Crippen LogP contribution < -0.4 is 5.32 Å². The van der Waals surface area contributed by atoms with Crippen LogP contribution in [0.15, 0.2) is 48.5 Å². The van der Waals surface area contributed by atoms with Crippen molar-refractivity contribution in [3.63, 3.8) is 0 Å². The summed E-state index contributed by atoms with van der Waals surface area (Å²) in [7, 11) is 0. The van der Waals surface area contributed by atoms with Gasteiger partial charge in [-0.05, 0) is 45.9 Å². The molecule has 3 atom stereocenters. The van der Waals surface area contributed by atoms with Gasteiger partial charge in [-0.1, -0.05) is 36.4 Å². The van der Waals surface area contributed by atoms with Crippen LogP contribution in [0, 0.1) is 0 Å². The minimum Gasteiger partial charge on any atom is -0.479 e. The second-order valence-electron chi connectivity index (χ2n) is 8.28. The van der Waals surface area contributed by atoms with Crippen LogP contribution in [-0.4, -0.2) is 63.5 Å². The highest BCUT2D eigenvalue weighted by Gasteiger charge is 2.20. The molecule has 1 unspecified atom stereocenters. The lowest BCUT2D eigenvalue weighted by Crippen LogP contribution is -2.54. The van der Waals surface area contributed by atoms with Crippen molar-refractivity contribution < 1.29 is 15.0 Å². The molecule has 1 aliphatic rings. The Kier molecular flexibility index (Phi) is 7.48. The SMILES string of the molecule is CC(O)C(=O)O.C[C@@H]1CN(CCCn2c3ccccc3c3ccccc32)C[C@H](C)N1. The van der Waals surface area contributed by atoms with E-state index in [1.807, 2.05) is 0 Å². The quantitative estimate of drug-likeness (QED) is 0.600. The molecule has 1 aromatic heterocycles. The molecule has 1 fully saturated rings. The molecule has 0 amide bonds. The van der Waals surface area contributed by atoms with Crippen LogP contribution in [0.4, 0.5) is 0 Å². The average molecular weight is 412 g/mol. The zero-order valence-electron chi connectivity index (χ0n) is 18.1. The number of aliphatic carboxylic acids is 1. The lowest BCUT2D eigenvalue weighted by molar-refractivity contribution is -0.145. The molecule has 1 aliphatic heterocycles. The third kappa shape index (κ3) is 5.39. The zero-order valence-corrected chi connectivity index (χ0v) is 18.1. The summed E-state index contributed by atoms with van der Waals surface area (Å²) in [6.07, 6.45) is -0.0349. The Morgan fingerprint density at radius 2 is 1.47 bits per heavy atom. The molecule has 30 heavy (non-hydrogen) atoms. The number of carbonyl (C=O) groups is 1. The number of rotatable bonds is 5. The number of nitrogens with one attached hydrogen (secondary N) is 1. The molecule has 6 heteroatoms. The monoisotopic (exact) mass is 411 g/mol. The van der Waals surface area contributed by atoms with Gasteiger partial charge in [-0.25, -0.2) is 4.79 Å². The second kappa shape index (κ2) is 10.1. The van der Waals surface area contributed by atoms with Crippen LogP contribution in [0.2, 0.25) is 0 Å². The number of benzene rings is 2. The number of carboxylic acid groups (broad SMARTS) is 1. The Labute approximate surface area is 178 Å². The number of piperazine rings is 1. The van der Waals surface area contributed by atoms with E-state index in [1.54, 1.807) is 0 Å². The Hall–Kier alpha value is -2.41. The van der Waals surface area contributed by atoms with Crippen molar-refractivity contribution in [2.75, 3.05) is 19.6 Å². The van der Waals surface area contributed by atoms with E-state index in [1.165, 1.54) is 41.7 Å². The number of nitrogens with zero attached hydrogens (tertiary/aromatic N) is 2. The number of aliphatic hydroxyl groups excluding tert-OH is 1. The normalized spacial score (nSPS) is 20.7. The number of aromatic nitrogens is 1. The minimum absolute atomic E-state index is 0.599. The Bertz CT molecular complexity index is 919. The Morgan fingerprint density at radius 3 is 1.93 bits per heavy atom. The number of fused-ring (bicyclic) bond motifs is 3. The number of carboxylic acids is 1. The van der Waals surface area contributed by atoms with E-state index >= 15 is 0 Å². The average Bonchev–Trinajstić information content (AvgIpc) is 3.02. The van der Waals surface area contributed by atoms with Crippen LogP contribution in [0.5, 0.6) is 0 Å². The first-order valence-electron chi connectivity index (χ1n) is 10.7. The van der Waals surface area contributed by atoms with Crippen molar-refractivity contribution in [2.45, 2.75) is 51.9 Å². The summed E-state index contributed by atoms with van der Waals surface area (Å²) in [4.78, 5) is 12.1. The van der Waals surface area contributed by atoms with Crippen molar-refractivity contribution in [3.8, 4) is 0 Å². The molecule has 2 heterocycles. The van der Waals surface area contributed by atoms with Crippen LogP contribution >= 0.6 is 0 Å². The van der Waals surface area contributed by atoms with Crippen LogP contribution in [0.1, 0.15) is 27.2 Å². The highest BCUT2D eigenvalue weighted by Crippen LogP contribution is 2.28. The molecule has 1 saturated heterocycles. The van der Waals surface area contributed by atoms with Gasteiger partial charge in [0.15, 0.2) is 0 Å². The van der Waals surface area contributed by atoms with Gasteiger partial charge in [0, 0.05) is 53.5 Å². The van der Waals surface area contributed by atoms with E-state index < -0.39 is 12.1 Å². The van der Waals surface area contributed by atoms with Crippen molar-refractivity contribution in [3.05, 3.63) is 48.5 Å². The van der Waals surface area contributed by atoms with Gasteiger partial charge in [0.05, 0.1) is 0 Å². The molecule has 162 valence electrons. The Morgan fingerprint density at radius 1 is 1.00 bits per heavy atom. The van der Waals surface area contributed by atoms with Crippen molar-refractivity contribution in [1.29, 1.82) is 0 Å². The van der Waals surface area contributed by atoms with E-state index in [9.17, 15) is 4.79 Å². The summed E-state index contributed by atoms with van der Waals surface area (Å²) in [6, 6.07) is 18.8. The lowest BCUT2D eigenvalue weighted by atomic mass is 10.1. The maximum atomic E-state index is 9.45. The smallest absolute Gasteiger partial charge is 0.332 e. The third-order valence-electron chi connectivity index (χ3n) is 5.53. The molecule has 4 rings (SSSR count). The number of aryl methyl sites for hydroxylation is 1. The second-order valence-corrected chi connectivity index (χ2v) is 8.28. The first kappa shape index (κ1) is 22.3. The van der Waals surface area contributed by atoms with Gasteiger partial charge < -0.3 is 25.0 Å². The molecule has 3 N–H and O–H groups in total. The fourth-order valence-corrected chi connectivity index (χ4v) is 4.32. The molecule has 6 nitrogen and oxygen atoms in total. The molecule has 0 saturated carbocycles. The minimum atomic E-state index is -1.23. The molecule has 3 aromatic rings. The summed E-state index contributed by atoms with van der Waals surface area (Å²) in [5, 5.41) is 22.1. The lowest BCUT2D eigenvalue weighted by Gasteiger charge is -2.36. The summed E-state index contributed by atoms with van der Waals surface area (Å²) >= 11 is 0. The molecule has 0 spiro atoms. The van der Waals surface area contributed by atoms with Crippen LogP contribution in [0.3, 0.4) is 0 Å². The fraction of sp³-hybridized carbons (Fsp3) is 0.458. The van der Waals surface area contributed by atoms with Crippen LogP contribution in [0.25, 0.3) is 21.8 Å². The van der Waals surface area contributed by atoms with E-state index in [-0.39, 0.29) is 0 Å². The van der Waals surface area contributed by atoms with Gasteiger partial charge in [-0.2, -0.15) is 0 Å². The van der Waals surface area contributed by atoms with Gasteiger partial charge in [0.25, 0.3) is 0 Å². The summed E-state index contributed by atoms with van der Waals surface area (Å²) < 4.78 is 2.50. The summed E-state index contributed by atoms with van der Waals surface area (Å²) in [6.45, 7) is 10.4. The molecule has 2 aromatic carbocycles. The first-order chi connectivity index (χ1) is 14.4. The maximum absolute atomic E-state index is 9.45. The largest absolute Gasteiger partial charge is 0.479 e. The number of para-hydroxylation sites is 2. The van der Waals surface area contributed by atoms with Crippen molar-refractivity contribution in [2.24, 2.45) is 0 Å². The van der Waals surface area contributed by atoms with E-state index in [0.717, 1.165) is 19.6 Å². The maximum Gasteiger partial charge on any atom is 0.332 e. The predicted octanol–water partition coefficient (Wildman–Crippen LogP) is 3.32. The molecular formula is C24H33N3O3. The number of aliphatic hydroxyl groups is 1. The standard InChI is InChI=1S/C21H27N3.C3H6O3/c1-16-14-23(15-17(2)22-16)12-7-13-24-20-10-5-3-8-18(20)19-9-4-6-11-21(19)24;1-2(4)3(5)6/h3-6,8-11,16-17,22H,7,12-15H2,1-2H3;2,4H,1H3,(H,5,6)/t16-,17+;. The van der Waals surface area contributed by atoms with E-state index in [0.29, 0.717) is 12.1 Å². The molecular weight excluding hydrogens is 378 g/mol. The number of hydrogen-bond acceptors (Lipinski definition) is 4. The van der Waals surface area contributed by atoms with Crippen LogP contribution in [-0.2, 0) is 11.3 Å². The van der Waals surface area contributed by atoms with Crippen molar-refractivity contribution >= 4 is 27.8 Å². The summed E-state index contributed by atoms with van der Waals surface area (Å²) in [5.41, 5.74) is 2.72. The highest BCUT2D eigenvalue weighted by molar-refractivity contribution is 6.07. The van der Waals surface area contributed by atoms with E-state index in [2.05, 4.69) is 77.2 Å². The van der Waals surface area contributed by atoms with E-state index in [4.69, 9.17) is 10.2 Å². The topological polar surface area (TPSA) is 77.7 Å². The van der Waals surface area contributed by atoms with Crippen molar-refractivity contribution in [1.82, 2.24) is 14.8 Å². The van der Waals surface area contributed by atoms with Gasteiger partial charge >= 0.3 is 5.97 Å². The summed E-state index contributed by atoms with van der Waals surface area (Å²) in [5.74, 6) is -1.19. The first-order valence-corrected chi connectivity index (χ1v) is 10.7. The van der Waals surface area contributed by atoms with Gasteiger partial charge in [-0.15, -0.1) is 0 Å². The molecule has 0 bridgehead atoms. The zero-order chi connectivity index (χ0) is 21.7. The third-order valence-corrected chi connectivity index (χ3v) is 5.53. The number of hydrogen-bond donors (Lipinski definition) is 3. The van der Waals surface area contributed by atoms with Gasteiger partial charge in [-0.3, -0.25) is 0 Å². The molecule has 0 radical (unpaired) electrons. The fourth-order valence-electron chi connectivity index (χ4n) is 4.32. The van der Waals surface area contributed by atoms with Gasteiger partial charge in [0.1, 0.15) is 6.10 Å².